The Morgan fingerprint density at radius 2 is 2.26 bits per heavy atom. The van der Waals surface area contributed by atoms with Gasteiger partial charge in [0.2, 0.25) is 0 Å². The van der Waals surface area contributed by atoms with Crippen molar-refractivity contribution in [2.75, 3.05) is 0 Å². The van der Waals surface area contributed by atoms with Gasteiger partial charge >= 0.3 is 0 Å². The van der Waals surface area contributed by atoms with E-state index in [0.717, 1.165) is 32.8 Å². The predicted octanol–water partition coefficient (Wildman–Crippen LogP) is 4.90. The molecule has 0 aliphatic heterocycles. The number of aryl methyl sites for hydroxylation is 1. The van der Waals surface area contributed by atoms with Gasteiger partial charge in [0.25, 0.3) is 0 Å². The molecule has 0 fully saturated rings. The van der Waals surface area contributed by atoms with Crippen LogP contribution in [-0.4, -0.2) is 5.78 Å². The lowest BCUT2D eigenvalue weighted by molar-refractivity contribution is 0.0894. The molecular weight excluding hydrogens is 308 g/mol. The van der Waals surface area contributed by atoms with Crippen LogP contribution in [0.1, 0.15) is 48.5 Å². The number of ketones is 1. The van der Waals surface area contributed by atoms with Gasteiger partial charge in [0.1, 0.15) is 0 Å². The largest absolute Gasteiger partial charge is 0.294 e. The maximum Gasteiger partial charge on any atom is 0.166 e. The summed E-state index contributed by atoms with van der Waals surface area (Å²) in [6.07, 6.45) is 5.56. The van der Waals surface area contributed by atoms with Crippen LogP contribution in [0, 0.1) is 5.92 Å². The molecule has 104 valence electrons. The number of Topliss-reactive ketones (excluding diaryl/α,β-unsaturated/α-hetero) is 1. The van der Waals surface area contributed by atoms with E-state index in [2.05, 4.69) is 43.0 Å². The lowest BCUT2D eigenvalue weighted by atomic mass is 9.80. The van der Waals surface area contributed by atoms with Crippen LogP contribution in [-0.2, 0) is 6.42 Å². The van der Waals surface area contributed by atoms with E-state index < -0.39 is 0 Å². The Morgan fingerprint density at radius 1 is 1.47 bits per heavy atom. The van der Waals surface area contributed by atoms with Crippen LogP contribution < -0.4 is 5.30 Å². The van der Waals surface area contributed by atoms with Gasteiger partial charge in [0.05, 0.1) is 0 Å². The molecule has 1 aromatic carbocycles. The van der Waals surface area contributed by atoms with Crippen LogP contribution >= 0.6 is 33.1 Å². The van der Waals surface area contributed by atoms with Crippen molar-refractivity contribution >= 4 is 44.2 Å². The van der Waals surface area contributed by atoms with E-state index in [1.165, 1.54) is 23.7 Å². The second-order valence-electron chi connectivity index (χ2n) is 5.05. The molecule has 0 spiro atoms. The highest BCUT2D eigenvalue weighted by atomic mass is 32.6. The third kappa shape index (κ3) is 3.63. The fourth-order valence-electron chi connectivity index (χ4n) is 2.74. The first-order valence-corrected chi connectivity index (χ1v) is 13.5. The van der Waals surface area contributed by atoms with Gasteiger partial charge in [-0.05, 0) is 37.4 Å². The molecule has 5 unspecified atom stereocenters. The maximum absolute atomic E-state index is 12.8. The summed E-state index contributed by atoms with van der Waals surface area (Å²) in [4.78, 5) is 12.8. The minimum atomic E-state index is -0.260. The molecule has 0 heterocycles. The van der Waals surface area contributed by atoms with E-state index in [1.54, 1.807) is 0 Å². The van der Waals surface area contributed by atoms with Crippen LogP contribution in [0.25, 0.3) is 0 Å². The average molecular weight is 330 g/mol. The summed E-state index contributed by atoms with van der Waals surface area (Å²) in [5.41, 5.74) is 2.36. The molecule has 5 atom stereocenters. The van der Waals surface area contributed by atoms with Crippen molar-refractivity contribution in [3.8, 4) is 0 Å². The smallest absolute Gasteiger partial charge is 0.166 e. The highest BCUT2D eigenvalue weighted by molar-refractivity contribution is 8.63. The molecule has 5 heteroatoms. The van der Waals surface area contributed by atoms with E-state index >= 15 is 0 Å². The minimum absolute atomic E-state index is 0.260. The van der Waals surface area contributed by atoms with Gasteiger partial charge in [-0.3, -0.25) is 4.79 Å². The molecule has 1 nitrogen and oxygen atoms in total. The Labute approximate surface area is 123 Å². The number of benzene rings is 1. The molecule has 19 heavy (non-hydrogen) atoms. The summed E-state index contributed by atoms with van der Waals surface area (Å²) in [5, 5.41) is 1.30. The van der Waals surface area contributed by atoms with Crippen molar-refractivity contribution in [1.29, 1.82) is 0 Å². The third-order valence-corrected chi connectivity index (χ3v) is 13.9. The van der Waals surface area contributed by atoms with Gasteiger partial charge in [0.15, 0.2) is 5.78 Å². The number of hydrogen-bond acceptors (Lipinski definition) is 1. The molecule has 0 bridgehead atoms. The third-order valence-electron chi connectivity index (χ3n) is 3.81. The van der Waals surface area contributed by atoms with Crippen LogP contribution in [0.5, 0.6) is 0 Å². The van der Waals surface area contributed by atoms with E-state index in [4.69, 9.17) is 0 Å². The Morgan fingerprint density at radius 3 is 2.95 bits per heavy atom. The topological polar surface area (TPSA) is 17.1 Å². The standard InChI is InChI=1S/C14H22OP4/c1-2-3-5-11-9-8-10-6-4-7-12(19(17)18-16)13(10)14(11)15/h4,6-7,11,18H,2-3,5,8-9,16-17H2,1H3. The quantitative estimate of drug-likeness (QED) is 0.702. The number of carbonyl (C=O) groups is 1. The summed E-state index contributed by atoms with van der Waals surface area (Å²) < 4.78 is 0. The highest BCUT2D eigenvalue weighted by Gasteiger charge is 2.29. The van der Waals surface area contributed by atoms with Crippen LogP contribution in [0.4, 0.5) is 0 Å². The summed E-state index contributed by atoms with van der Waals surface area (Å²) >= 11 is 0. The van der Waals surface area contributed by atoms with E-state index in [-0.39, 0.29) is 13.2 Å². The SMILES string of the molecule is CCCCC1CCc2cccc(P(P)PP)c2C1=O. The number of fused-ring (bicyclic) bond motifs is 1. The first-order valence-electron chi connectivity index (χ1n) is 6.86. The first kappa shape index (κ1) is 16.0. The zero-order valence-corrected chi connectivity index (χ0v) is 15.6. The molecule has 0 saturated carbocycles. The van der Waals surface area contributed by atoms with Crippen molar-refractivity contribution in [2.24, 2.45) is 5.92 Å². The number of carbonyl (C=O) groups excluding carboxylic acids is 1. The van der Waals surface area contributed by atoms with E-state index in [1.807, 2.05) is 0 Å². The molecule has 0 saturated heterocycles. The molecular formula is C14H22OP4. The highest BCUT2D eigenvalue weighted by Crippen LogP contribution is 2.65. The monoisotopic (exact) mass is 330 g/mol. The number of unbranched alkanes of at least 4 members (excludes halogenated alkanes) is 1. The Balaban J connectivity index is 2.32. The second kappa shape index (κ2) is 7.57. The first-order chi connectivity index (χ1) is 9.19. The van der Waals surface area contributed by atoms with Gasteiger partial charge < -0.3 is 0 Å². The van der Waals surface area contributed by atoms with Crippen molar-refractivity contribution in [3.05, 3.63) is 29.3 Å². The van der Waals surface area contributed by atoms with Gasteiger partial charge in [-0.2, -0.15) is 0 Å². The second-order valence-corrected chi connectivity index (χ2v) is 14.2. The van der Waals surface area contributed by atoms with Crippen molar-refractivity contribution in [1.82, 2.24) is 0 Å². The fourth-order valence-corrected chi connectivity index (χ4v) is 6.49. The molecule has 1 aliphatic carbocycles. The lowest BCUT2D eigenvalue weighted by Gasteiger charge is -2.26. The molecule has 0 aromatic heterocycles. The average Bonchev–Trinajstić information content (AvgIpc) is 2.45. The predicted molar refractivity (Wildman–Crippen MR) is 96.4 cm³/mol. The normalized spacial score (nSPS) is 20.8. The zero-order chi connectivity index (χ0) is 13.8. The maximum atomic E-state index is 12.8. The summed E-state index contributed by atoms with van der Waals surface area (Å²) in [7, 11) is 6.33. The molecule has 0 amide bonds. The Bertz CT molecular complexity index is 461. The minimum Gasteiger partial charge on any atom is -0.294 e. The van der Waals surface area contributed by atoms with Crippen molar-refractivity contribution in [2.45, 2.75) is 39.0 Å². The van der Waals surface area contributed by atoms with Gasteiger partial charge in [-0.15, -0.1) is 17.9 Å². The molecule has 1 aromatic rings. The number of hydrogen-bond donors (Lipinski definition) is 0. The lowest BCUT2D eigenvalue weighted by Crippen LogP contribution is -2.27. The van der Waals surface area contributed by atoms with E-state index in [9.17, 15) is 4.79 Å². The molecule has 1 aliphatic rings. The fraction of sp³-hybridized carbons (Fsp3) is 0.500. The number of rotatable bonds is 5. The summed E-state index contributed by atoms with van der Waals surface area (Å²) in [5.74, 6) is 0.693. The molecule has 0 radical (unpaired) electrons. The Hall–Kier alpha value is 0.610. The van der Waals surface area contributed by atoms with Gasteiger partial charge in [-0.1, -0.05) is 45.9 Å². The summed E-state index contributed by atoms with van der Waals surface area (Å²) in [6, 6.07) is 6.43. The molecule has 0 N–H and O–H groups in total. The van der Waals surface area contributed by atoms with Crippen LogP contribution in [0.3, 0.4) is 0 Å². The van der Waals surface area contributed by atoms with Crippen molar-refractivity contribution < 1.29 is 4.79 Å². The van der Waals surface area contributed by atoms with Gasteiger partial charge in [0, 0.05) is 11.5 Å². The zero-order valence-electron chi connectivity index (χ0n) is 11.4. The van der Waals surface area contributed by atoms with E-state index in [0.29, 0.717) is 5.78 Å². The summed E-state index contributed by atoms with van der Waals surface area (Å²) in [6.45, 7) is 2.20. The van der Waals surface area contributed by atoms with Crippen molar-refractivity contribution in [3.63, 3.8) is 0 Å². The molecule has 2 rings (SSSR count). The van der Waals surface area contributed by atoms with Gasteiger partial charge in [-0.25, -0.2) is 0 Å². The Kier molecular flexibility index (Phi) is 6.37. The van der Waals surface area contributed by atoms with Crippen LogP contribution in [0.15, 0.2) is 18.2 Å². The van der Waals surface area contributed by atoms with Crippen LogP contribution in [0.2, 0.25) is 0 Å².